The molecule has 0 bridgehead atoms. The fourth-order valence-electron chi connectivity index (χ4n) is 2.69. The average Bonchev–Trinajstić information content (AvgIpc) is 2.62. The van der Waals surface area contributed by atoms with Gasteiger partial charge in [-0.2, -0.15) is 0 Å². The molecule has 0 fully saturated rings. The van der Waals surface area contributed by atoms with Gasteiger partial charge in [-0.25, -0.2) is 4.79 Å². The number of aryl methyl sites for hydroxylation is 2. The predicted octanol–water partition coefficient (Wildman–Crippen LogP) is 3.91. The summed E-state index contributed by atoms with van der Waals surface area (Å²) >= 11 is 0. The van der Waals surface area contributed by atoms with Crippen molar-refractivity contribution in [1.29, 1.82) is 0 Å². The molecule has 7 heteroatoms. The Bertz CT molecular complexity index is 1050. The van der Waals surface area contributed by atoms with Gasteiger partial charge < -0.3 is 13.9 Å². The molecule has 3 aromatic rings. The number of nitrogens with zero attached hydrogens (tertiary/aromatic N) is 1. The molecule has 0 unspecified atom stereocenters. The summed E-state index contributed by atoms with van der Waals surface area (Å²) in [6.45, 7) is 3.86. The number of methoxy groups -OCH3 is 1. The molecule has 2 aromatic carbocycles. The third-order valence-electron chi connectivity index (χ3n) is 4.26. The van der Waals surface area contributed by atoms with Crippen LogP contribution in [0.4, 0.5) is 5.69 Å². The highest BCUT2D eigenvalue weighted by atomic mass is 16.6. The van der Waals surface area contributed by atoms with Crippen LogP contribution in [0.5, 0.6) is 11.5 Å². The van der Waals surface area contributed by atoms with Crippen LogP contribution >= 0.6 is 0 Å². The molecule has 7 nitrogen and oxygen atoms in total. The van der Waals surface area contributed by atoms with Crippen molar-refractivity contribution in [2.75, 3.05) is 7.11 Å². The van der Waals surface area contributed by atoms with Crippen molar-refractivity contribution >= 4 is 16.7 Å². The summed E-state index contributed by atoms with van der Waals surface area (Å²) in [5, 5.41) is 11.7. The van der Waals surface area contributed by atoms with Crippen molar-refractivity contribution in [1.82, 2.24) is 0 Å². The van der Waals surface area contributed by atoms with E-state index in [1.54, 1.807) is 0 Å². The molecular weight excluding hydrogens is 338 g/mol. The zero-order valence-corrected chi connectivity index (χ0v) is 14.6. The van der Waals surface area contributed by atoms with Crippen molar-refractivity contribution in [2.24, 2.45) is 0 Å². The monoisotopic (exact) mass is 355 g/mol. The van der Waals surface area contributed by atoms with Crippen LogP contribution in [0, 0.1) is 24.0 Å². The van der Waals surface area contributed by atoms with Gasteiger partial charge in [0, 0.05) is 23.1 Å². The zero-order valence-electron chi connectivity index (χ0n) is 14.6. The number of ether oxygens (including phenoxy) is 2. The van der Waals surface area contributed by atoms with Gasteiger partial charge in [-0.3, -0.25) is 10.1 Å². The molecule has 0 radical (unpaired) electrons. The molecule has 0 aliphatic carbocycles. The van der Waals surface area contributed by atoms with Crippen molar-refractivity contribution in [3.8, 4) is 11.5 Å². The van der Waals surface area contributed by atoms with Gasteiger partial charge in [-0.15, -0.1) is 0 Å². The van der Waals surface area contributed by atoms with Crippen LogP contribution in [0.1, 0.15) is 16.7 Å². The van der Waals surface area contributed by atoms with Gasteiger partial charge in [-0.05, 0) is 31.0 Å². The number of hydrogen-bond acceptors (Lipinski definition) is 6. The molecule has 0 amide bonds. The van der Waals surface area contributed by atoms with Gasteiger partial charge >= 0.3 is 5.63 Å². The van der Waals surface area contributed by atoms with E-state index in [2.05, 4.69) is 0 Å². The highest BCUT2D eigenvalue weighted by Gasteiger charge is 2.14. The van der Waals surface area contributed by atoms with Crippen LogP contribution in [-0.4, -0.2) is 12.0 Å². The minimum absolute atomic E-state index is 0.0438. The first-order chi connectivity index (χ1) is 12.4. The maximum absolute atomic E-state index is 11.9. The molecule has 0 spiro atoms. The first kappa shape index (κ1) is 17.5. The van der Waals surface area contributed by atoms with Gasteiger partial charge in [0.1, 0.15) is 12.2 Å². The average molecular weight is 355 g/mol. The summed E-state index contributed by atoms with van der Waals surface area (Å²) in [6, 6.07) is 9.27. The Balaban J connectivity index is 2.01. The lowest BCUT2D eigenvalue weighted by Crippen LogP contribution is -2.06. The lowest BCUT2D eigenvalue weighted by atomic mass is 10.0. The summed E-state index contributed by atoms with van der Waals surface area (Å²) in [4.78, 5) is 22.4. The SMILES string of the molecule is COc1ccc([N+](=O)[O-])cc1OCc1cc(=O)oc2c(C)c(C)ccc12. The minimum atomic E-state index is -0.509. The van der Waals surface area contributed by atoms with Crippen molar-refractivity contribution < 1.29 is 18.8 Å². The Morgan fingerprint density at radius 2 is 1.88 bits per heavy atom. The Kier molecular flexibility index (Phi) is 4.62. The minimum Gasteiger partial charge on any atom is -0.493 e. The summed E-state index contributed by atoms with van der Waals surface area (Å²) in [6.07, 6.45) is 0. The highest BCUT2D eigenvalue weighted by Crippen LogP contribution is 2.32. The topological polar surface area (TPSA) is 91.8 Å². The summed E-state index contributed by atoms with van der Waals surface area (Å²) in [7, 11) is 1.45. The zero-order chi connectivity index (χ0) is 18.8. The number of nitro benzene ring substituents is 1. The van der Waals surface area contributed by atoms with Gasteiger partial charge in [-0.1, -0.05) is 12.1 Å². The van der Waals surface area contributed by atoms with Crippen LogP contribution in [-0.2, 0) is 6.61 Å². The number of non-ortho nitro benzene ring substituents is 1. The number of fused-ring (bicyclic) bond motifs is 1. The van der Waals surface area contributed by atoms with Gasteiger partial charge in [0.2, 0.25) is 0 Å². The van der Waals surface area contributed by atoms with Crippen LogP contribution in [0.2, 0.25) is 0 Å². The van der Waals surface area contributed by atoms with E-state index in [1.165, 1.54) is 31.4 Å². The van der Waals surface area contributed by atoms with E-state index in [0.29, 0.717) is 16.9 Å². The molecule has 0 aliphatic rings. The number of benzene rings is 2. The Morgan fingerprint density at radius 3 is 2.58 bits per heavy atom. The molecule has 3 rings (SSSR count). The van der Waals surface area contributed by atoms with E-state index in [-0.39, 0.29) is 18.0 Å². The van der Waals surface area contributed by atoms with E-state index in [1.807, 2.05) is 26.0 Å². The van der Waals surface area contributed by atoms with E-state index in [0.717, 1.165) is 16.5 Å². The van der Waals surface area contributed by atoms with Crippen LogP contribution in [0.3, 0.4) is 0 Å². The maximum atomic E-state index is 11.9. The molecule has 1 aromatic heterocycles. The summed E-state index contributed by atoms with van der Waals surface area (Å²) < 4.78 is 16.3. The molecule has 134 valence electrons. The van der Waals surface area contributed by atoms with E-state index < -0.39 is 10.5 Å². The Labute approximate surface area is 148 Å². The quantitative estimate of drug-likeness (QED) is 0.391. The number of rotatable bonds is 5. The van der Waals surface area contributed by atoms with Crippen LogP contribution in [0.25, 0.3) is 11.0 Å². The highest BCUT2D eigenvalue weighted by molar-refractivity contribution is 5.83. The van der Waals surface area contributed by atoms with Gasteiger partial charge in [0.05, 0.1) is 18.1 Å². The Morgan fingerprint density at radius 1 is 1.12 bits per heavy atom. The summed E-state index contributed by atoms with van der Waals surface area (Å²) in [5.74, 6) is 0.599. The first-order valence-electron chi connectivity index (χ1n) is 7.89. The molecule has 0 N–H and O–H groups in total. The van der Waals surface area contributed by atoms with Gasteiger partial charge in [0.25, 0.3) is 5.69 Å². The third kappa shape index (κ3) is 3.23. The van der Waals surface area contributed by atoms with Crippen molar-refractivity contribution in [2.45, 2.75) is 20.5 Å². The molecule has 0 aliphatic heterocycles. The normalized spacial score (nSPS) is 10.7. The fraction of sp³-hybridized carbons (Fsp3) is 0.211. The van der Waals surface area contributed by atoms with E-state index >= 15 is 0 Å². The maximum Gasteiger partial charge on any atom is 0.336 e. The van der Waals surface area contributed by atoms with Gasteiger partial charge in [0.15, 0.2) is 11.5 Å². The predicted molar refractivity (Wildman–Crippen MR) is 95.9 cm³/mol. The smallest absolute Gasteiger partial charge is 0.336 e. The molecule has 26 heavy (non-hydrogen) atoms. The van der Waals surface area contributed by atoms with Crippen molar-refractivity contribution in [3.05, 3.63) is 73.6 Å². The second kappa shape index (κ2) is 6.87. The second-order valence-corrected chi connectivity index (χ2v) is 5.86. The molecule has 1 heterocycles. The van der Waals surface area contributed by atoms with Crippen LogP contribution in [0.15, 0.2) is 45.6 Å². The standard InChI is InChI=1S/C19H17NO6/c1-11-4-6-15-13(8-18(21)26-19(15)12(11)2)10-25-17-9-14(20(22)23)5-7-16(17)24-3/h4-9H,10H2,1-3H3. The van der Waals surface area contributed by atoms with E-state index in [9.17, 15) is 14.9 Å². The second-order valence-electron chi connectivity index (χ2n) is 5.86. The third-order valence-corrected chi connectivity index (χ3v) is 4.26. The van der Waals surface area contributed by atoms with Crippen molar-refractivity contribution in [3.63, 3.8) is 0 Å². The molecular formula is C19H17NO6. The Hall–Kier alpha value is -3.35. The molecule has 0 saturated heterocycles. The van der Waals surface area contributed by atoms with Crippen LogP contribution < -0.4 is 15.1 Å². The fourth-order valence-corrected chi connectivity index (χ4v) is 2.69. The number of hydrogen-bond donors (Lipinski definition) is 0. The van der Waals surface area contributed by atoms with E-state index in [4.69, 9.17) is 13.9 Å². The lowest BCUT2D eigenvalue weighted by molar-refractivity contribution is -0.385. The molecule has 0 saturated carbocycles. The molecule has 0 atom stereocenters. The number of nitro groups is 1. The largest absolute Gasteiger partial charge is 0.493 e. The summed E-state index contributed by atoms with van der Waals surface area (Å²) in [5.41, 5.74) is 2.46. The first-order valence-corrected chi connectivity index (χ1v) is 7.89. The lowest BCUT2D eigenvalue weighted by Gasteiger charge is -2.12.